The van der Waals surface area contributed by atoms with Crippen LogP contribution in [0.25, 0.3) is 0 Å². The molecule has 1 fully saturated rings. The summed E-state index contributed by atoms with van der Waals surface area (Å²) < 4.78 is 5.30. The van der Waals surface area contributed by atoms with Crippen molar-refractivity contribution < 1.29 is 4.74 Å². The number of ether oxygens (including phenoxy) is 1. The highest BCUT2D eigenvalue weighted by Crippen LogP contribution is 2.33. The highest BCUT2D eigenvalue weighted by molar-refractivity contribution is 4.88. The Morgan fingerprint density at radius 1 is 1.20 bits per heavy atom. The molecule has 1 unspecified atom stereocenters. The van der Waals surface area contributed by atoms with Gasteiger partial charge >= 0.3 is 0 Å². The van der Waals surface area contributed by atoms with Crippen molar-refractivity contribution >= 4 is 0 Å². The molecule has 0 aromatic heterocycles. The van der Waals surface area contributed by atoms with E-state index in [1.54, 1.807) is 0 Å². The van der Waals surface area contributed by atoms with Crippen molar-refractivity contribution in [1.82, 2.24) is 5.32 Å². The maximum atomic E-state index is 5.30. The Morgan fingerprint density at radius 2 is 1.80 bits per heavy atom. The van der Waals surface area contributed by atoms with Crippen molar-refractivity contribution in [3.05, 3.63) is 0 Å². The number of nitrogens with one attached hydrogen (secondary N) is 1. The van der Waals surface area contributed by atoms with Crippen LogP contribution in [0.1, 0.15) is 52.4 Å². The van der Waals surface area contributed by atoms with Crippen LogP contribution in [0.15, 0.2) is 0 Å². The Labute approximate surface area is 94.8 Å². The second-order valence-corrected chi connectivity index (χ2v) is 4.84. The maximum absolute atomic E-state index is 5.30. The van der Waals surface area contributed by atoms with Crippen LogP contribution in [0.2, 0.25) is 0 Å². The first-order chi connectivity index (χ1) is 7.31. The molecule has 1 saturated carbocycles. The summed E-state index contributed by atoms with van der Waals surface area (Å²) in [5, 5.41) is 3.79. The van der Waals surface area contributed by atoms with E-state index in [0.29, 0.717) is 12.1 Å². The van der Waals surface area contributed by atoms with Crippen molar-refractivity contribution in [2.75, 3.05) is 13.7 Å². The van der Waals surface area contributed by atoms with Crippen LogP contribution in [-0.4, -0.2) is 25.8 Å². The zero-order valence-electron chi connectivity index (χ0n) is 10.6. The van der Waals surface area contributed by atoms with E-state index < -0.39 is 0 Å². The first-order valence-electron chi connectivity index (χ1n) is 6.56. The summed E-state index contributed by atoms with van der Waals surface area (Å²) in [6, 6.07) is 1.32. The molecule has 0 aromatic rings. The van der Waals surface area contributed by atoms with E-state index in [-0.39, 0.29) is 0 Å². The van der Waals surface area contributed by atoms with Gasteiger partial charge in [0.2, 0.25) is 0 Å². The Morgan fingerprint density at radius 3 is 2.20 bits per heavy atom. The molecule has 0 aliphatic heterocycles. The SMILES string of the molecule is CCCC(CCC)NC(COC)C1CC1. The molecule has 0 amide bonds. The van der Waals surface area contributed by atoms with Crippen molar-refractivity contribution in [3.63, 3.8) is 0 Å². The Bertz CT molecular complexity index is 151. The number of rotatable bonds is 9. The zero-order chi connectivity index (χ0) is 11.1. The van der Waals surface area contributed by atoms with E-state index in [4.69, 9.17) is 4.74 Å². The smallest absolute Gasteiger partial charge is 0.0618 e. The molecule has 0 bridgehead atoms. The summed E-state index contributed by atoms with van der Waals surface area (Å²) in [5.74, 6) is 0.890. The van der Waals surface area contributed by atoms with Gasteiger partial charge in [0.1, 0.15) is 0 Å². The average molecular weight is 213 g/mol. The maximum Gasteiger partial charge on any atom is 0.0618 e. The summed E-state index contributed by atoms with van der Waals surface area (Å²) in [6.07, 6.45) is 7.96. The van der Waals surface area contributed by atoms with E-state index in [1.165, 1.54) is 38.5 Å². The first kappa shape index (κ1) is 13.0. The van der Waals surface area contributed by atoms with Crippen LogP contribution in [0.5, 0.6) is 0 Å². The molecule has 0 heterocycles. The van der Waals surface area contributed by atoms with Crippen LogP contribution in [-0.2, 0) is 4.74 Å². The number of hydrogen-bond acceptors (Lipinski definition) is 2. The van der Waals surface area contributed by atoms with E-state index >= 15 is 0 Å². The predicted octanol–water partition coefficient (Wildman–Crippen LogP) is 2.97. The van der Waals surface area contributed by atoms with Gasteiger partial charge in [-0.2, -0.15) is 0 Å². The number of hydrogen-bond donors (Lipinski definition) is 1. The van der Waals surface area contributed by atoms with Gasteiger partial charge in [0.15, 0.2) is 0 Å². The fraction of sp³-hybridized carbons (Fsp3) is 1.00. The lowest BCUT2D eigenvalue weighted by atomic mass is 10.0. The van der Waals surface area contributed by atoms with Gasteiger partial charge in [-0.15, -0.1) is 0 Å². The molecule has 0 radical (unpaired) electrons. The minimum atomic E-state index is 0.609. The van der Waals surface area contributed by atoms with Gasteiger partial charge in [0, 0.05) is 19.2 Å². The molecule has 90 valence electrons. The third-order valence-corrected chi connectivity index (χ3v) is 3.26. The minimum absolute atomic E-state index is 0.609. The molecule has 1 aliphatic carbocycles. The van der Waals surface area contributed by atoms with Crippen molar-refractivity contribution in [3.8, 4) is 0 Å². The van der Waals surface area contributed by atoms with Crippen molar-refractivity contribution in [2.45, 2.75) is 64.5 Å². The van der Waals surface area contributed by atoms with Gasteiger partial charge in [-0.05, 0) is 31.6 Å². The van der Waals surface area contributed by atoms with Crippen LogP contribution in [0.4, 0.5) is 0 Å². The van der Waals surface area contributed by atoms with E-state index in [0.717, 1.165) is 12.5 Å². The lowest BCUT2D eigenvalue weighted by molar-refractivity contribution is 0.149. The molecule has 15 heavy (non-hydrogen) atoms. The van der Waals surface area contributed by atoms with E-state index in [1.807, 2.05) is 7.11 Å². The number of methoxy groups -OCH3 is 1. The molecular weight excluding hydrogens is 186 g/mol. The summed E-state index contributed by atoms with van der Waals surface area (Å²) in [6.45, 7) is 5.42. The van der Waals surface area contributed by atoms with Gasteiger partial charge in [-0.1, -0.05) is 26.7 Å². The fourth-order valence-electron chi connectivity index (χ4n) is 2.31. The summed E-state index contributed by atoms with van der Waals surface area (Å²) >= 11 is 0. The second kappa shape index (κ2) is 7.24. The Hall–Kier alpha value is -0.0800. The molecule has 1 rings (SSSR count). The third kappa shape index (κ3) is 4.98. The fourth-order valence-corrected chi connectivity index (χ4v) is 2.31. The standard InChI is InChI=1S/C13H27NO/c1-4-6-12(7-5-2)14-13(10-15-3)11-8-9-11/h11-14H,4-10H2,1-3H3. The molecule has 2 nitrogen and oxygen atoms in total. The molecule has 2 heteroatoms. The quantitative estimate of drug-likeness (QED) is 0.636. The van der Waals surface area contributed by atoms with Crippen LogP contribution >= 0.6 is 0 Å². The average Bonchev–Trinajstić information content (AvgIpc) is 3.01. The van der Waals surface area contributed by atoms with Gasteiger partial charge in [-0.25, -0.2) is 0 Å². The summed E-state index contributed by atoms with van der Waals surface area (Å²) in [7, 11) is 1.81. The van der Waals surface area contributed by atoms with E-state index in [2.05, 4.69) is 19.2 Å². The van der Waals surface area contributed by atoms with Crippen molar-refractivity contribution in [1.29, 1.82) is 0 Å². The van der Waals surface area contributed by atoms with Gasteiger partial charge in [-0.3, -0.25) is 0 Å². The van der Waals surface area contributed by atoms with Crippen molar-refractivity contribution in [2.24, 2.45) is 5.92 Å². The predicted molar refractivity (Wildman–Crippen MR) is 65.1 cm³/mol. The minimum Gasteiger partial charge on any atom is -0.383 e. The topological polar surface area (TPSA) is 21.3 Å². The van der Waals surface area contributed by atoms with Gasteiger partial charge in [0.05, 0.1) is 6.61 Å². The highest BCUT2D eigenvalue weighted by Gasteiger charge is 2.31. The van der Waals surface area contributed by atoms with Gasteiger partial charge in [0.25, 0.3) is 0 Å². The zero-order valence-corrected chi connectivity index (χ0v) is 10.6. The van der Waals surface area contributed by atoms with E-state index in [9.17, 15) is 0 Å². The molecule has 0 aromatic carbocycles. The lowest BCUT2D eigenvalue weighted by Gasteiger charge is -2.25. The summed E-state index contributed by atoms with van der Waals surface area (Å²) in [4.78, 5) is 0. The molecule has 1 atom stereocenters. The Balaban J connectivity index is 2.30. The van der Waals surface area contributed by atoms with Crippen LogP contribution in [0.3, 0.4) is 0 Å². The lowest BCUT2D eigenvalue weighted by Crippen LogP contribution is -2.42. The van der Waals surface area contributed by atoms with Crippen LogP contribution < -0.4 is 5.32 Å². The van der Waals surface area contributed by atoms with Gasteiger partial charge < -0.3 is 10.1 Å². The monoisotopic (exact) mass is 213 g/mol. The first-order valence-corrected chi connectivity index (χ1v) is 6.56. The summed E-state index contributed by atoms with van der Waals surface area (Å²) in [5.41, 5.74) is 0. The molecule has 0 spiro atoms. The molecular formula is C13H27NO. The Kier molecular flexibility index (Phi) is 6.26. The molecule has 1 N–H and O–H groups in total. The highest BCUT2D eigenvalue weighted by atomic mass is 16.5. The third-order valence-electron chi connectivity index (χ3n) is 3.26. The molecule has 0 saturated heterocycles. The second-order valence-electron chi connectivity index (χ2n) is 4.84. The largest absolute Gasteiger partial charge is 0.383 e. The van der Waals surface area contributed by atoms with Crippen LogP contribution in [0, 0.1) is 5.92 Å². The normalized spacial score (nSPS) is 18.4. The molecule has 1 aliphatic rings.